The SMILES string of the molecule is O=C1CCN(Cc2ccccc2)CC1[N+](=O)[O-]. The van der Waals surface area contributed by atoms with Crippen LogP contribution in [0.15, 0.2) is 30.3 Å². The first-order valence-electron chi connectivity index (χ1n) is 5.59. The molecule has 0 saturated carbocycles. The summed E-state index contributed by atoms with van der Waals surface area (Å²) in [7, 11) is 0. The van der Waals surface area contributed by atoms with E-state index in [1.165, 1.54) is 0 Å². The molecule has 2 rings (SSSR count). The van der Waals surface area contributed by atoms with Crippen LogP contribution in [0.25, 0.3) is 0 Å². The van der Waals surface area contributed by atoms with Gasteiger partial charge in [-0.3, -0.25) is 19.8 Å². The Kier molecular flexibility index (Phi) is 3.49. The lowest BCUT2D eigenvalue weighted by Crippen LogP contribution is -2.47. The Morgan fingerprint density at radius 3 is 2.71 bits per heavy atom. The van der Waals surface area contributed by atoms with Gasteiger partial charge in [-0.15, -0.1) is 0 Å². The Bertz CT molecular complexity index is 419. The van der Waals surface area contributed by atoms with E-state index in [-0.39, 0.29) is 18.7 Å². The van der Waals surface area contributed by atoms with Gasteiger partial charge in [0.15, 0.2) is 0 Å². The molecule has 0 spiro atoms. The van der Waals surface area contributed by atoms with E-state index in [0.29, 0.717) is 13.1 Å². The number of benzene rings is 1. The van der Waals surface area contributed by atoms with E-state index in [9.17, 15) is 14.9 Å². The van der Waals surface area contributed by atoms with Gasteiger partial charge in [-0.2, -0.15) is 0 Å². The van der Waals surface area contributed by atoms with Crippen LogP contribution in [-0.2, 0) is 11.3 Å². The second-order valence-corrected chi connectivity index (χ2v) is 4.24. The van der Waals surface area contributed by atoms with Crippen LogP contribution in [0.1, 0.15) is 12.0 Å². The predicted molar refractivity (Wildman–Crippen MR) is 62.1 cm³/mol. The number of nitrogens with zero attached hydrogens (tertiary/aromatic N) is 2. The van der Waals surface area contributed by atoms with Crippen LogP contribution >= 0.6 is 0 Å². The molecule has 1 aromatic carbocycles. The fourth-order valence-corrected chi connectivity index (χ4v) is 2.04. The van der Waals surface area contributed by atoms with Crippen LogP contribution in [0.2, 0.25) is 0 Å². The number of rotatable bonds is 3. The Morgan fingerprint density at radius 1 is 1.35 bits per heavy atom. The topological polar surface area (TPSA) is 63.5 Å². The summed E-state index contributed by atoms with van der Waals surface area (Å²) in [5.41, 5.74) is 1.11. The molecule has 17 heavy (non-hydrogen) atoms. The highest BCUT2D eigenvalue weighted by Gasteiger charge is 2.35. The highest BCUT2D eigenvalue weighted by molar-refractivity contribution is 5.83. The molecule has 1 fully saturated rings. The van der Waals surface area contributed by atoms with Crippen molar-refractivity contribution in [2.45, 2.75) is 19.0 Å². The van der Waals surface area contributed by atoms with Crippen molar-refractivity contribution in [2.75, 3.05) is 13.1 Å². The van der Waals surface area contributed by atoms with E-state index in [1.807, 2.05) is 35.2 Å². The Morgan fingerprint density at radius 2 is 2.06 bits per heavy atom. The summed E-state index contributed by atoms with van der Waals surface area (Å²) in [5, 5.41) is 10.7. The van der Waals surface area contributed by atoms with Gasteiger partial charge in [0.05, 0.1) is 6.54 Å². The summed E-state index contributed by atoms with van der Waals surface area (Å²) in [4.78, 5) is 23.6. The van der Waals surface area contributed by atoms with E-state index in [1.54, 1.807) is 0 Å². The van der Waals surface area contributed by atoms with Gasteiger partial charge in [-0.05, 0) is 5.56 Å². The molecule has 0 aromatic heterocycles. The van der Waals surface area contributed by atoms with Crippen LogP contribution < -0.4 is 0 Å². The molecule has 0 N–H and O–H groups in total. The lowest BCUT2D eigenvalue weighted by atomic mass is 10.0. The molecule has 5 nitrogen and oxygen atoms in total. The van der Waals surface area contributed by atoms with Gasteiger partial charge in [0.1, 0.15) is 0 Å². The summed E-state index contributed by atoms with van der Waals surface area (Å²) in [6.45, 7) is 1.50. The molecular weight excluding hydrogens is 220 g/mol. The van der Waals surface area contributed by atoms with Crippen molar-refractivity contribution in [3.63, 3.8) is 0 Å². The monoisotopic (exact) mass is 234 g/mol. The maximum atomic E-state index is 11.4. The van der Waals surface area contributed by atoms with Crippen molar-refractivity contribution < 1.29 is 9.72 Å². The van der Waals surface area contributed by atoms with Crippen LogP contribution in [0.3, 0.4) is 0 Å². The number of nitro groups is 1. The van der Waals surface area contributed by atoms with Crippen molar-refractivity contribution >= 4 is 5.78 Å². The zero-order valence-electron chi connectivity index (χ0n) is 9.41. The van der Waals surface area contributed by atoms with Gasteiger partial charge >= 0.3 is 0 Å². The fraction of sp³-hybridized carbons (Fsp3) is 0.417. The molecule has 1 unspecified atom stereocenters. The van der Waals surface area contributed by atoms with Crippen LogP contribution in [0.4, 0.5) is 0 Å². The molecule has 0 aliphatic carbocycles. The standard InChI is InChI=1S/C12H14N2O3/c15-12-6-7-13(9-11(12)14(16)17)8-10-4-2-1-3-5-10/h1-5,11H,6-9H2. The zero-order valence-corrected chi connectivity index (χ0v) is 9.41. The first-order chi connectivity index (χ1) is 8.16. The van der Waals surface area contributed by atoms with Crippen LogP contribution in [0, 0.1) is 10.1 Å². The molecular formula is C12H14N2O3. The smallest absolute Gasteiger partial charge is 0.282 e. The van der Waals surface area contributed by atoms with Crippen molar-refractivity contribution in [3.05, 3.63) is 46.0 Å². The van der Waals surface area contributed by atoms with E-state index in [4.69, 9.17) is 0 Å². The molecule has 1 atom stereocenters. The largest absolute Gasteiger partial charge is 0.292 e. The first-order valence-corrected chi connectivity index (χ1v) is 5.59. The number of hydrogen-bond acceptors (Lipinski definition) is 4. The Labute approximate surface area is 99.2 Å². The molecule has 1 aromatic rings. The summed E-state index contributed by atoms with van der Waals surface area (Å²) in [6.07, 6.45) is 0.276. The van der Waals surface area contributed by atoms with E-state index in [2.05, 4.69) is 0 Å². The van der Waals surface area contributed by atoms with Gasteiger partial charge in [-0.1, -0.05) is 30.3 Å². The van der Waals surface area contributed by atoms with E-state index < -0.39 is 11.0 Å². The van der Waals surface area contributed by atoms with Gasteiger partial charge in [-0.25, -0.2) is 0 Å². The average molecular weight is 234 g/mol. The first kappa shape index (κ1) is 11.7. The number of carbonyl (C=O) groups excluding carboxylic acids is 1. The van der Waals surface area contributed by atoms with Gasteiger partial charge in [0.25, 0.3) is 6.04 Å². The third kappa shape index (κ3) is 2.88. The number of piperidine rings is 1. The van der Waals surface area contributed by atoms with Gasteiger partial charge in [0.2, 0.25) is 5.78 Å². The number of carbonyl (C=O) groups is 1. The number of hydrogen-bond donors (Lipinski definition) is 0. The maximum absolute atomic E-state index is 11.4. The molecule has 5 heteroatoms. The van der Waals surface area contributed by atoms with Crippen molar-refractivity contribution in [2.24, 2.45) is 0 Å². The molecule has 0 bridgehead atoms. The summed E-state index contributed by atoms with van der Waals surface area (Å²) in [6, 6.07) is 8.73. The number of ketones is 1. The quantitative estimate of drug-likeness (QED) is 0.580. The maximum Gasteiger partial charge on any atom is 0.282 e. The molecule has 1 aliphatic rings. The summed E-state index contributed by atoms with van der Waals surface area (Å²) in [5.74, 6) is -0.251. The zero-order chi connectivity index (χ0) is 12.3. The average Bonchev–Trinajstić information content (AvgIpc) is 2.32. The molecule has 90 valence electrons. The van der Waals surface area contributed by atoms with Gasteiger partial charge in [0, 0.05) is 24.4 Å². The van der Waals surface area contributed by atoms with Crippen molar-refractivity contribution in [3.8, 4) is 0 Å². The molecule has 1 aliphatic heterocycles. The lowest BCUT2D eigenvalue weighted by Gasteiger charge is -2.27. The molecule has 1 heterocycles. The minimum atomic E-state index is -1.05. The fourth-order valence-electron chi connectivity index (χ4n) is 2.04. The highest BCUT2D eigenvalue weighted by Crippen LogP contribution is 2.13. The number of likely N-dealkylation sites (tertiary alicyclic amines) is 1. The summed E-state index contributed by atoms with van der Waals surface area (Å²) < 4.78 is 0. The normalized spacial score (nSPS) is 21.4. The van der Waals surface area contributed by atoms with Crippen LogP contribution in [-0.4, -0.2) is 34.7 Å². The van der Waals surface area contributed by atoms with Crippen molar-refractivity contribution in [1.29, 1.82) is 0 Å². The van der Waals surface area contributed by atoms with E-state index >= 15 is 0 Å². The number of Topliss-reactive ketones (excluding diaryl/α,β-unsaturated/α-hetero) is 1. The minimum Gasteiger partial charge on any atom is -0.292 e. The third-order valence-corrected chi connectivity index (χ3v) is 2.98. The lowest BCUT2D eigenvalue weighted by molar-refractivity contribution is -0.509. The Hall–Kier alpha value is -1.75. The summed E-state index contributed by atoms with van der Waals surface area (Å²) >= 11 is 0. The van der Waals surface area contributed by atoms with Crippen molar-refractivity contribution in [1.82, 2.24) is 4.90 Å². The minimum absolute atomic E-state index is 0.223. The Balaban J connectivity index is 1.99. The van der Waals surface area contributed by atoms with Gasteiger partial charge < -0.3 is 0 Å². The molecule has 0 amide bonds. The highest BCUT2D eigenvalue weighted by atomic mass is 16.6. The molecule has 1 saturated heterocycles. The van der Waals surface area contributed by atoms with E-state index in [0.717, 1.165) is 5.56 Å². The molecule has 0 radical (unpaired) electrons. The second-order valence-electron chi connectivity index (χ2n) is 4.24. The third-order valence-electron chi connectivity index (χ3n) is 2.98. The second kappa shape index (κ2) is 5.05. The predicted octanol–water partition coefficient (Wildman–Crippen LogP) is 1.11. The van der Waals surface area contributed by atoms with Crippen LogP contribution in [0.5, 0.6) is 0 Å².